The van der Waals surface area contributed by atoms with Gasteiger partial charge in [-0.2, -0.15) is 0 Å². The zero-order valence-corrected chi connectivity index (χ0v) is 13.4. The number of carbonyl (C=O) groups is 1. The van der Waals surface area contributed by atoms with Crippen molar-refractivity contribution in [3.05, 3.63) is 53.6 Å². The van der Waals surface area contributed by atoms with E-state index in [1.165, 1.54) is 13.0 Å². The molecule has 0 radical (unpaired) electrons. The molecule has 4 nitrogen and oxygen atoms in total. The summed E-state index contributed by atoms with van der Waals surface area (Å²) in [5.41, 5.74) is 3.75. The highest BCUT2D eigenvalue weighted by atomic mass is 19.1. The maximum Gasteiger partial charge on any atom is 0.302 e. The molecule has 0 bridgehead atoms. The van der Waals surface area contributed by atoms with Crippen LogP contribution in [-0.2, 0) is 22.5 Å². The summed E-state index contributed by atoms with van der Waals surface area (Å²) in [5, 5.41) is 3.22. The van der Waals surface area contributed by atoms with Crippen LogP contribution in [0, 0.1) is 5.82 Å². The lowest BCUT2D eigenvalue weighted by molar-refractivity contribution is -0.140. The largest absolute Gasteiger partial charge is 0.466 e. The number of nitrogens with one attached hydrogen (secondary N) is 1. The SMILES string of the molecule is CCNCc1cc(F)ccc1-c1cncc(CCOC(C)=O)c1. The van der Waals surface area contributed by atoms with E-state index in [2.05, 4.69) is 10.3 Å². The molecule has 0 saturated carbocycles. The third-order valence-corrected chi connectivity index (χ3v) is 3.43. The van der Waals surface area contributed by atoms with Crippen molar-refractivity contribution in [3.8, 4) is 11.1 Å². The summed E-state index contributed by atoms with van der Waals surface area (Å²) >= 11 is 0. The maximum atomic E-state index is 13.5. The number of nitrogens with zero attached hydrogens (tertiary/aromatic N) is 1. The molecule has 0 aliphatic rings. The topological polar surface area (TPSA) is 51.2 Å². The first-order chi connectivity index (χ1) is 11.1. The van der Waals surface area contributed by atoms with E-state index in [9.17, 15) is 9.18 Å². The van der Waals surface area contributed by atoms with E-state index >= 15 is 0 Å². The van der Waals surface area contributed by atoms with Crippen molar-refractivity contribution < 1.29 is 13.9 Å². The highest BCUT2D eigenvalue weighted by Gasteiger charge is 2.08. The molecule has 1 N–H and O–H groups in total. The molecule has 2 aromatic rings. The van der Waals surface area contributed by atoms with Crippen LogP contribution in [0.3, 0.4) is 0 Å². The second kappa shape index (κ2) is 8.39. The predicted octanol–water partition coefficient (Wildman–Crippen LogP) is 3.10. The fourth-order valence-electron chi connectivity index (χ4n) is 2.33. The van der Waals surface area contributed by atoms with Gasteiger partial charge in [0.2, 0.25) is 0 Å². The quantitative estimate of drug-likeness (QED) is 0.798. The number of benzene rings is 1. The molecule has 23 heavy (non-hydrogen) atoms. The third-order valence-electron chi connectivity index (χ3n) is 3.43. The standard InChI is InChI=1S/C18H21FN2O2/c1-3-20-11-16-9-17(19)4-5-18(16)15-8-14(10-21-12-15)6-7-23-13(2)22/h4-5,8-10,12,20H,3,6-7,11H2,1-2H3. The van der Waals surface area contributed by atoms with Crippen molar-refractivity contribution in [3.63, 3.8) is 0 Å². The highest BCUT2D eigenvalue weighted by Crippen LogP contribution is 2.25. The second-order valence-corrected chi connectivity index (χ2v) is 5.25. The van der Waals surface area contributed by atoms with E-state index in [0.29, 0.717) is 19.6 Å². The van der Waals surface area contributed by atoms with Gasteiger partial charge in [-0.3, -0.25) is 9.78 Å². The first-order valence-electron chi connectivity index (χ1n) is 7.67. The Bertz CT molecular complexity index is 674. The monoisotopic (exact) mass is 316 g/mol. The van der Waals surface area contributed by atoms with E-state index in [0.717, 1.165) is 28.8 Å². The molecule has 2 rings (SSSR count). The number of ether oxygens (including phenoxy) is 1. The van der Waals surface area contributed by atoms with Gasteiger partial charge in [-0.25, -0.2) is 4.39 Å². The summed E-state index contributed by atoms with van der Waals surface area (Å²) in [4.78, 5) is 15.1. The Hall–Kier alpha value is -2.27. The van der Waals surface area contributed by atoms with Crippen molar-refractivity contribution in [2.45, 2.75) is 26.8 Å². The van der Waals surface area contributed by atoms with Crippen LogP contribution < -0.4 is 5.32 Å². The van der Waals surface area contributed by atoms with Crippen LogP contribution in [0.5, 0.6) is 0 Å². The number of hydrogen-bond acceptors (Lipinski definition) is 4. The summed E-state index contributed by atoms with van der Waals surface area (Å²) in [6.07, 6.45) is 4.11. The molecule has 0 saturated heterocycles. The van der Waals surface area contributed by atoms with Crippen LogP contribution >= 0.6 is 0 Å². The van der Waals surface area contributed by atoms with Gasteiger partial charge >= 0.3 is 5.97 Å². The molecule has 1 aromatic heterocycles. The van der Waals surface area contributed by atoms with Gasteiger partial charge in [-0.15, -0.1) is 0 Å². The summed E-state index contributed by atoms with van der Waals surface area (Å²) in [7, 11) is 0. The van der Waals surface area contributed by atoms with Crippen molar-refractivity contribution >= 4 is 5.97 Å². The molecule has 0 aliphatic heterocycles. The van der Waals surface area contributed by atoms with Crippen LogP contribution in [0.4, 0.5) is 4.39 Å². The minimum absolute atomic E-state index is 0.249. The Kier molecular flexibility index (Phi) is 6.23. The number of aromatic nitrogens is 1. The average Bonchev–Trinajstić information content (AvgIpc) is 2.53. The zero-order valence-electron chi connectivity index (χ0n) is 13.4. The van der Waals surface area contributed by atoms with Gasteiger partial charge in [0.25, 0.3) is 0 Å². The molecule has 0 atom stereocenters. The van der Waals surface area contributed by atoms with Gasteiger partial charge in [0.05, 0.1) is 6.61 Å². The van der Waals surface area contributed by atoms with Gasteiger partial charge in [-0.05, 0) is 41.4 Å². The highest BCUT2D eigenvalue weighted by molar-refractivity contribution is 5.67. The maximum absolute atomic E-state index is 13.5. The van der Waals surface area contributed by atoms with Gasteiger partial charge in [-0.1, -0.05) is 13.0 Å². The molecule has 0 amide bonds. The number of rotatable bonds is 7. The summed E-state index contributed by atoms with van der Waals surface area (Å²) in [6.45, 7) is 5.14. The van der Waals surface area contributed by atoms with Gasteiger partial charge < -0.3 is 10.1 Å². The first kappa shape index (κ1) is 17.1. The van der Waals surface area contributed by atoms with E-state index in [1.54, 1.807) is 24.5 Å². The molecule has 0 spiro atoms. The van der Waals surface area contributed by atoms with E-state index < -0.39 is 0 Å². The van der Waals surface area contributed by atoms with Crippen LogP contribution in [0.25, 0.3) is 11.1 Å². The molecule has 0 unspecified atom stereocenters. The average molecular weight is 316 g/mol. The Morgan fingerprint density at radius 3 is 2.87 bits per heavy atom. The fraction of sp³-hybridized carbons (Fsp3) is 0.333. The van der Waals surface area contributed by atoms with Crippen LogP contribution in [0.15, 0.2) is 36.7 Å². The molecule has 0 aliphatic carbocycles. The van der Waals surface area contributed by atoms with Crippen molar-refractivity contribution in [2.75, 3.05) is 13.2 Å². The molecule has 122 valence electrons. The van der Waals surface area contributed by atoms with E-state index in [4.69, 9.17) is 4.74 Å². The number of carbonyl (C=O) groups excluding carboxylic acids is 1. The summed E-state index contributed by atoms with van der Waals surface area (Å²) < 4.78 is 18.5. The minimum atomic E-state index is -0.291. The van der Waals surface area contributed by atoms with Crippen LogP contribution in [-0.4, -0.2) is 24.1 Å². The molecule has 5 heteroatoms. The molecular formula is C18H21FN2O2. The molecule has 0 fully saturated rings. The van der Waals surface area contributed by atoms with E-state index in [-0.39, 0.29) is 11.8 Å². The third kappa shape index (κ3) is 5.14. The fourth-order valence-corrected chi connectivity index (χ4v) is 2.33. The lowest BCUT2D eigenvalue weighted by Crippen LogP contribution is -2.12. The molecular weight excluding hydrogens is 295 g/mol. The number of halogens is 1. The van der Waals surface area contributed by atoms with Gasteiger partial charge in [0.15, 0.2) is 0 Å². The lowest BCUT2D eigenvalue weighted by Gasteiger charge is -2.11. The predicted molar refractivity (Wildman–Crippen MR) is 87.3 cm³/mol. The molecule has 1 heterocycles. The number of esters is 1. The normalized spacial score (nSPS) is 10.6. The number of pyridine rings is 1. The van der Waals surface area contributed by atoms with E-state index in [1.807, 2.05) is 13.0 Å². The minimum Gasteiger partial charge on any atom is -0.466 e. The Balaban J connectivity index is 2.22. The van der Waals surface area contributed by atoms with Crippen molar-refractivity contribution in [1.82, 2.24) is 10.3 Å². The Morgan fingerprint density at radius 2 is 2.13 bits per heavy atom. The Morgan fingerprint density at radius 1 is 1.30 bits per heavy atom. The first-order valence-corrected chi connectivity index (χ1v) is 7.67. The Labute approximate surface area is 135 Å². The van der Waals surface area contributed by atoms with Crippen LogP contribution in [0.2, 0.25) is 0 Å². The zero-order chi connectivity index (χ0) is 16.7. The smallest absolute Gasteiger partial charge is 0.302 e. The molecule has 1 aromatic carbocycles. The van der Waals surface area contributed by atoms with Crippen LogP contribution in [0.1, 0.15) is 25.0 Å². The van der Waals surface area contributed by atoms with Crippen molar-refractivity contribution in [1.29, 1.82) is 0 Å². The van der Waals surface area contributed by atoms with Gasteiger partial charge in [0, 0.05) is 37.8 Å². The van der Waals surface area contributed by atoms with Crippen molar-refractivity contribution in [2.24, 2.45) is 0 Å². The summed E-state index contributed by atoms with van der Waals surface area (Å²) in [5.74, 6) is -0.541. The lowest BCUT2D eigenvalue weighted by atomic mass is 9.99. The number of hydrogen-bond donors (Lipinski definition) is 1. The van der Waals surface area contributed by atoms with Gasteiger partial charge in [0.1, 0.15) is 5.82 Å². The summed E-state index contributed by atoms with van der Waals surface area (Å²) in [6, 6.07) is 6.77. The second-order valence-electron chi connectivity index (χ2n) is 5.25.